The Morgan fingerprint density at radius 3 is 2.89 bits per heavy atom. The predicted octanol–water partition coefficient (Wildman–Crippen LogP) is 2.09. The number of rotatable bonds is 6. The van der Waals surface area contributed by atoms with Crippen molar-refractivity contribution in [3.63, 3.8) is 0 Å². The highest BCUT2D eigenvalue weighted by Gasteiger charge is 2.08. The molecular formula is C13H19ClN2O2. The molecular weight excluding hydrogens is 252 g/mol. The van der Waals surface area contributed by atoms with E-state index in [4.69, 9.17) is 22.1 Å². The third-order valence-electron chi connectivity index (χ3n) is 2.62. The Labute approximate surface area is 112 Å². The third-order valence-corrected chi connectivity index (χ3v) is 2.86. The zero-order valence-electron chi connectivity index (χ0n) is 10.7. The van der Waals surface area contributed by atoms with Gasteiger partial charge >= 0.3 is 0 Å². The van der Waals surface area contributed by atoms with Gasteiger partial charge in [-0.1, -0.05) is 18.5 Å². The van der Waals surface area contributed by atoms with Crippen LogP contribution in [0.5, 0.6) is 5.75 Å². The standard InChI is InChI=1S/C13H19ClN2O2/c1-3-9(2)16-13(17)8-18-12-5-4-11(14)6-10(12)7-15/h4-6,9H,3,7-8,15H2,1-2H3,(H,16,17). The smallest absolute Gasteiger partial charge is 0.258 e. The fourth-order valence-electron chi connectivity index (χ4n) is 1.41. The number of carbonyl (C=O) groups excluding carboxylic acids is 1. The molecule has 3 N–H and O–H groups in total. The molecule has 1 amide bonds. The number of amides is 1. The Hall–Kier alpha value is -1.26. The third kappa shape index (κ3) is 4.55. The Morgan fingerprint density at radius 2 is 2.28 bits per heavy atom. The lowest BCUT2D eigenvalue weighted by molar-refractivity contribution is -0.123. The number of hydrogen-bond acceptors (Lipinski definition) is 3. The van der Waals surface area contributed by atoms with Crippen LogP contribution in [0.2, 0.25) is 5.02 Å². The molecule has 0 fully saturated rings. The Bertz CT molecular complexity index is 410. The highest BCUT2D eigenvalue weighted by Crippen LogP contribution is 2.22. The van der Waals surface area contributed by atoms with Gasteiger partial charge in [0.05, 0.1) is 0 Å². The van der Waals surface area contributed by atoms with Crippen molar-refractivity contribution in [2.75, 3.05) is 6.61 Å². The van der Waals surface area contributed by atoms with Gasteiger partial charge < -0.3 is 15.8 Å². The maximum absolute atomic E-state index is 11.6. The van der Waals surface area contributed by atoms with Gasteiger partial charge in [0, 0.05) is 23.2 Å². The summed E-state index contributed by atoms with van der Waals surface area (Å²) < 4.78 is 5.44. The lowest BCUT2D eigenvalue weighted by Gasteiger charge is -2.13. The molecule has 100 valence electrons. The summed E-state index contributed by atoms with van der Waals surface area (Å²) in [7, 11) is 0. The number of ether oxygens (including phenoxy) is 1. The van der Waals surface area contributed by atoms with E-state index in [9.17, 15) is 4.79 Å². The summed E-state index contributed by atoms with van der Waals surface area (Å²) in [5.41, 5.74) is 6.38. The predicted molar refractivity (Wildman–Crippen MR) is 72.7 cm³/mol. The second kappa shape index (κ2) is 7.24. The quantitative estimate of drug-likeness (QED) is 0.832. The SMILES string of the molecule is CCC(C)NC(=O)COc1ccc(Cl)cc1CN. The van der Waals surface area contributed by atoms with Gasteiger partial charge in [0.2, 0.25) is 0 Å². The van der Waals surface area contributed by atoms with Crippen molar-refractivity contribution in [2.24, 2.45) is 5.73 Å². The molecule has 0 aliphatic carbocycles. The van der Waals surface area contributed by atoms with Crippen molar-refractivity contribution in [1.29, 1.82) is 0 Å². The van der Waals surface area contributed by atoms with E-state index >= 15 is 0 Å². The Kier molecular flexibility index (Phi) is 5.95. The number of nitrogens with two attached hydrogens (primary N) is 1. The zero-order chi connectivity index (χ0) is 13.5. The van der Waals surface area contributed by atoms with Crippen molar-refractivity contribution in [3.8, 4) is 5.75 Å². The molecule has 18 heavy (non-hydrogen) atoms. The first-order valence-electron chi connectivity index (χ1n) is 5.97. The summed E-state index contributed by atoms with van der Waals surface area (Å²) >= 11 is 5.86. The van der Waals surface area contributed by atoms with Crippen LogP contribution >= 0.6 is 11.6 Å². The minimum atomic E-state index is -0.137. The van der Waals surface area contributed by atoms with Gasteiger partial charge in [-0.15, -0.1) is 0 Å². The molecule has 1 rings (SSSR count). The minimum absolute atomic E-state index is 0.0149. The molecule has 4 nitrogen and oxygen atoms in total. The van der Waals surface area contributed by atoms with Gasteiger partial charge in [-0.3, -0.25) is 4.79 Å². The second-order valence-corrected chi connectivity index (χ2v) is 4.56. The van der Waals surface area contributed by atoms with Gasteiger partial charge in [-0.2, -0.15) is 0 Å². The summed E-state index contributed by atoms with van der Waals surface area (Å²) in [6, 6.07) is 5.33. The topological polar surface area (TPSA) is 64.3 Å². The van der Waals surface area contributed by atoms with E-state index in [1.54, 1.807) is 18.2 Å². The summed E-state index contributed by atoms with van der Waals surface area (Å²) in [6.07, 6.45) is 0.890. The van der Waals surface area contributed by atoms with Crippen LogP contribution in [-0.4, -0.2) is 18.6 Å². The Morgan fingerprint density at radius 1 is 1.56 bits per heavy atom. The van der Waals surface area contributed by atoms with Crippen molar-refractivity contribution in [2.45, 2.75) is 32.9 Å². The first-order chi connectivity index (χ1) is 8.56. The van der Waals surface area contributed by atoms with Gasteiger partial charge in [0.25, 0.3) is 5.91 Å². The summed E-state index contributed by atoms with van der Waals surface area (Å²) in [5.74, 6) is 0.462. The monoisotopic (exact) mass is 270 g/mol. The fourth-order valence-corrected chi connectivity index (χ4v) is 1.60. The van der Waals surface area contributed by atoms with E-state index in [1.165, 1.54) is 0 Å². The van der Waals surface area contributed by atoms with Gasteiger partial charge in [-0.05, 0) is 31.5 Å². The van der Waals surface area contributed by atoms with E-state index in [0.717, 1.165) is 12.0 Å². The molecule has 1 unspecified atom stereocenters. The maximum atomic E-state index is 11.6. The molecule has 0 heterocycles. The van der Waals surface area contributed by atoms with E-state index in [-0.39, 0.29) is 18.6 Å². The molecule has 1 aromatic carbocycles. The average molecular weight is 271 g/mol. The lowest BCUT2D eigenvalue weighted by Crippen LogP contribution is -2.35. The van der Waals surface area contributed by atoms with Crippen molar-refractivity contribution < 1.29 is 9.53 Å². The molecule has 1 atom stereocenters. The number of halogens is 1. The van der Waals surface area contributed by atoms with Crippen LogP contribution in [0, 0.1) is 0 Å². The normalized spacial score (nSPS) is 12.0. The van der Waals surface area contributed by atoms with Crippen LogP contribution in [0.4, 0.5) is 0 Å². The second-order valence-electron chi connectivity index (χ2n) is 4.12. The molecule has 0 spiro atoms. The van der Waals surface area contributed by atoms with Crippen LogP contribution in [0.3, 0.4) is 0 Å². The van der Waals surface area contributed by atoms with E-state index < -0.39 is 0 Å². The molecule has 0 radical (unpaired) electrons. The van der Waals surface area contributed by atoms with E-state index in [0.29, 0.717) is 17.3 Å². The van der Waals surface area contributed by atoms with E-state index in [2.05, 4.69) is 5.32 Å². The molecule has 0 saturated heterocycles. The summed E-state index contributed by atoms with van der Waals surface area (Å²) in [6.45, 7) is 4.27. The van der Waals surface area contributed by atoms with Gasteiger partial charge in [0.15, 0.2) is 6.61 Å². The fraction of sp³-hybridized carbons (Fsp3) is 0.462. The molecule has 0 aliphatic rings. The number of carbonyl (C=O) groups is 1. The van der Waals surface area contributed by atoms with Crippen molar-refractivity contribution in [1.82, 2.24) is 5.32 Å². The molecule has 1 aromatic rings. The molecule has 0 aliphatic heterocycles. The Balaban J connectivity index is 2.55. The zero-order valence-corrected chi connectivity index (χ0v) is 11.5. The van der Waals surface area contributed by atoms with Crippen LogP contribution in [-0.2, 0) is 11.3 Å². The average Bonchev–Trinajstić information content (AvgIpc) is 2.36. The first kappa shape index (κ1) is 14.8. The molecule has 0 saturated carbocycles. The largest absolute Gasteiger partial charge is 0.483 e. The van der Waals surface area contributed by atoms with Crippen molar-refractivity contribution in [3.05, 3.63) is 28.8 Å². The van der Waals surface area contributed by atoms with Crippen LogP contribution in [0.1, 0.15) is 25.8 Å². The number of benzene rings is 1. The summed E-state index contributed by atoms with van der Waals surface area (Å²) in [5, 5.41) is 3.43. The number of nitrogens with one attached hydrogen (secondary N) is 1. The number of hydrogen-bond donors (Lipinski definition) is 2. The minimum Gasteiger partial charge on any atom is -0.483 e. The molecule has 0 bridgehead atoms. The summed E-state index contributed by atoms with van der Waals surface area (Å²) in [4.78, 5) is 11.6. The van der Waals surface area contributed by atoms with Crippen LogP contribution in [0.15, 0.2) is 18.2 Å². The van der Waals surface area contributed by atoms with Gasteiger partial charge in [-0.25, -0.2) is 0 Å². The van der Waals surface area contributed by atoms with Crippen molar-refractivity contribution >= 4 is 17.5 Å². The maximum Gasteiger partial charge on any atom is 0.258 e. The van der Waals surface area contributed by atoms with Crippen LogP contribution < -0.4 is 15.8 Å². The first-order valence-corrected chi connectivity index (χ1v) is 6.35. The molecule has 5 heteroatoms. The highest BCUT2D eigenvalue weighted by atomic mass is 35.5. The van der Waals surface area contributed by atoms with Crippen LogP contribution in [0.25, 0.3) is 0 Å². The molecule has 0 aromatic heterocycles. The highest BCUT2D eigenvalue weighted by molar-refractivity contribution is 6.30. The lowest BCUT2D eigenvalue weighted by atomic mass is 10.2. The van der Waals surface area contributed by atoms with Gasteiger partial charge in [0.1, 0.15) is 5.75 Å². The van der Waals surface area contributed by atoms with E-state index in [1.807, 2.05) is 13.8 Å².